The van der Waals surface area contributed by atoms with Crippen molar-refractivity contribution in [1.82, 2.24) is 0 Å². The first-order valence-corrected chi connectivity index (χ1v) is 4.54. The van der Waals surface area contributed by atoms with Crippen molar-refractivity contribution >= 4 is 0 Å². The van der Waals surface area contributed by atoms with Gasteiger partial charge in [0, 0.05) is 6.61 Å². The van der Waals surface area contributed by atoms with Crippen LogP contribution in [0.25, 0.3) is 0 Å². The fraction of sp³-hybridized carbons (Fsp3) is 1.00. The van der Waals surface area contributed by atoms with E-state index >= 15 is 0 Å². The lowest BCUT2D eigenvalue weighted by Crippen LogP contribution is -2.59. The van der Waals surface area contributed by atoms with E-state index in [-0.39, 0.29) is 0 Å². The molecule has 14 heavy (non-hydrogen) atoms. The van der Waals surface area contributed by atoms with Gasteiger partial charge in [-0.3, -0.25) is 0 Å². The molecule has 4 N–H and O–H groups in total. The van der Waals surface area contributed by atoms with E-state index < -0.39 is 37.3 Å². The van der Waals surface area contributed by atoms with E-state index in [0.717, 1.165) is 0 Å². The van der Waals surface area contributed by atoms with E-state index in [0.29, 0.717) is 6.61 Å². The molecule has 6 heteroatoms. The SMILES string of the molecule is CCOC1O[C@H](CO)[C@@H](O)[C@@H](O)[C@H]1O. The topological polar surface area (TPSA) is 99.4 Å². The summed E-state index contributed by atoms with van der Waals surface area (Å²) in [5.41, 5.74) is 0. The molecule has 1 saturated heterocycles. The van der Waals surface area contributed by atoms with Gasteiger partial charge in [0.25, 0.3) is 0 Å². The zero-order chi connectivity index (χ0) is 10.7. The third kappa shape index (κ3) is 2.22. The van der Waals surface area contributed by atoms with E-state index in [1.807, 2.05) is 0 Å². The number of hydrogen-bond acceptors (Lipinski definition) is 6. The number of aliphatic hydroxyl groups excluding tert-OH is 4. The van der Waals surface area contributed by atoms with Gasteiger partial charge < -0.3 is 29.9 Å². The summed E-state index contributed by atoms with van der Waals surface area (Å²) in [5.74, 6) is 0. The van der Waals surface area contributed by atoms with Gasteiger partial charge in [-0.05, 0) is 6.92 Å². The van der Waals surface area contributed by atoms with Crippen molar-refractivity contribution in [3.05, 3.63) is 0 Å². The molecule has 84 valence electrons. The summed E-state index contributed by atoms with van der Waals surface area (Å²) in [4.78, 5) is 0. The molecule has 6 nitrogen and oxygen atoms in total. The minimum atomic E-state index is -1.36. The molecule has 0 bridgehead atoms. The Morgan fingerprint density at radius 2 is 1.79 bits per heavy atom. The van der Waals surface area contributed by atoms with Crippen LogP contribution in [0.1, 0.15) is 6.92 Å². The second-order valence-corrected chi connectivity index (χ2v) is 3.15. The highest BCUT2D eigenvalue weighted by molar-refractivity contribution is 4.88. The lowest BCUT2D eigenvalue weighted by molar-refractivity contribution is -0.300. The maximum absolute atomic E-state index is 9.41. The summed E-state index contributed by atoms with van der Waals surface area (Å²) in [6.45, 7) is 1.58. The molecule has 0 spiro atoms. The molecule has 0 aliphatic carbocycles. The minimum Gasteiger partial charge on any atom is -0.394 e. The summed E-state index contributed by atoms with van der Waals surface area (Å²) in [7, 11) is 0. The first kappa shape index (κ1) is 11.8. The van der Waals surface area contributed by atoms with Crippen molar-refractivity contribution in [2.45, 2.75) is 37.6 Å². The average molecular weight is 208 g/mol. The lowest BCUT2D eigenvalue weighted by Gasteiger charge is -2.39. The van der Waals surface area contributed by atoms with Crippen LogP contribution in [0, 0.1) is 0 Å². The van der Waals surface area contributed by atoms with Crippen molar-refractivity contribution in [1.29, 1.82) is 0 Å². The fourth-order valence-electron chi connectivity index (χ4n) is 1.37. The van der Waals surface area contributed by atoms with Crippen LogP contribution in [0.15, 0.2) is 0 Å². The first-order chi connectivity index (χ1) is 6.61. The van der Waals surface area contributed by atoms with Crippen LogP contribution >= 0.6 is 0 Å². The van der Waals surface area contributed by atoms with Crippen molar-refractivity contribution in [2.75, 3.05) is 13.2 Å². The highest BCUT2D eigenvalue weighted by atomic mass is 16.7. The van der Waals surface area contributed by atoms with Crippen LogP contribution in [0.4, 0.5) is 0 Å². The molecular formula is C8H16O6. The summed E-state index contributed by atoms with van der Waals surface area (Å²) >= 11 is 0. The number of aliphatic hydroxyl groups is 4. The standard InChI is InChI=1S/C8H16O6/c1-2-13-8-7(12)6(11)5(10)4(3-9)14-8/h4-12H,2-3H2,1H3/t4-,5-,6-,7-,8?/m1/s1. The molecule has 0 saturated carbocycles. The summed E-state index contributed by atoms with van der Waals surface area (Å²) < 4.78 is 10.0. The molecular weight excluding hydrogens is 192 g/mol. The Balaban J connectivity index is 2.63. The summed E-state index contributed by atoms with van der Waals surface area (Å²) in [6.07, 6.45) is -5.89. The van der Waals surface area contributed by atoms with Crippen LogP contribution in [0.3, 0.4) is 0 Å². The molecule has 1 heterocycles. The third-order valence-corrected chi connectivity index (χ3v) is 2.18. The highest BCUT2D eigenvalue weighted by Crippen LogP contribution is 2.21. The molecule has 0 aromatic heterocycles. The Hall–Kier alpha value is -0.240. The van der Waals surface area contributed by atoms with Gasteiger partial charge in [0.2, 0.25) is 0 Å². The summed E-state index contributed by atoms with van der Waals surface area (Å²) in [5, 5.41) is 36.9. The molecule has 1 unspecified atom stereocenters. The fourth-order valence-corrected chi connectivity index (χ4v) is 1.37. The van der Waals surface area contributed by atoms with E-state index in [1.165, 1.54) is 0 Å². The van der Waals surface area contributed by atoms with E-state index in [4.69, 9.17) is 14.6 Å². The second kappa shape index (κ2) is 5.01. The minimum absolute atomic E-state index is 0.308. The van der Waals surface area contributed by atoms with Crippen LogP contribution in [-0.2, 0) is 9.47 Å². The van der Waals surface area contributed by atoms with Crippen molar-refractivity contribution in [3.8, 4) is 0 Å². The van der Waals surface area contributed by atoms with Gasteiger partial charge in [-0.2, -0.15) is 0 Å². The second-order valence-electron chi connectivity index (χ2n) is 3.15. The molecule has 1 rings (SSSR count). The number of hydrogen-bond donors (Lipinski definition) is 4. The predicted octanol–water partition coefficient (Wildman–Crippen LogP) is -2.18. The monoisotopic (exact) mass is 208 g/mol. The lowest BCUT2D eigenvalue weighted by atomic mass is 9.99. The maximum atomic E-state index is 9.41. The Morgan fingerprint density at radius 3 is 2.29 bits per heavy atom. The van der Waals surface area contributed by atoms with Gasteiger partial charge in [-0.1, -0.05) is 0 Å². The molecule has 1 aliphatic heterocycles. The van der Waals surface area contributed by atoms with Crippen molar-refractivity contribution < 1.29 is 29.9 Å². The van der Waals surface area contributed by atoms with Gasteiger partial charge in [0.05, 0.1) is 6.61 Å². The van der Waals surface area contributed by atoms with Crippen molar-refractivity contribution in [2.24, 2.45) is 0 Å². The average Bonchev–Trinajstić information content (AvgIpc) is 2.19. The maximum Gasteiger partial charge on any atom is 0.186 e. The van der Waals surface area contributed by atoms with E-state index in [2.05, 4.69) is 0 Å². The van der Waals surface area contributed by atoms with Crippen molar-refractivity contribution in [3.63, 3.8) is 0 Å². The van der Waals surface area contributed by atoms with E-state index in [1.54, 1.807) is 6.92 Å². The molecule has 1 aliphatic rings. The largest absolute Gasteiger partial charge is 0.394 e. The molecule has 0 radical (unpaired) electrons. The predicted molar refractivity (Wildman–Crippen MR) is 45.4 cm³/mol. The van der Waals surface area contributed by atoms with E-state index in [9.17, 15) is 15.3 Å². The Bertz CT molecular complexity index is 171. The highest BCUT2D eigenvalue weighted by Gasteiger charge is 2.43. The number of ether oxygens (including phenoxy) is 2. The summed E-state index contributed by atoms with van der Waals surface area (Å²) in [6, 6.07) is 0. The third-order valence-electron chi connectivity index (χ3n) is 2.18. The van der Waals surface area contributed by atoms with Gasteiger partial charge >= 0.3 is 0 Å². The van der Waals surface area contributed by atoms with Gasteiger partial charge in [0.15, 0.2) is 6.29 Å². The van der Waals surface area contributed by atoms with Gasteiger partial charge in [-0.15, -0.1) is 0 Å². The Morgan fingerprint density at radius 1 is 1.14 bits per heavy atom. The zero-order valence-corrected chi connectivity index (χ0v) is 7.91. The number of rotatable bonds is 3. The Kier molecular flexibility index (Phi) is 4.24. The van der Waals surface area contributed by atoms with Crippen LogP contribution in [-0.4, -0.2) is 64.3 Å². The first-order valence-electron chi connectivity index (χ1n) is 4.54. The van der Waals surface area contributed by atoms with Crippen LogP contribution < -0.4 is 0 Å². The molecule has 1 fully saturated rings. The quantitative estimate of drug-likeness (QED) is 0.421. The molecule has 0 aromatic rings. The molecule has 5 atom stereocenters. The van der Waals surface area contributed by atoms with Gasteiger partial charge in [-0.25, -0.2) is 0 Å². The smallest absolute Gasteiger partial charge is 0.186 e. The Labute approximate surface area is 81.7 Å². The van der Waals surface area contributed by atoms with Crippen LogP contribution in [0.5, 0.6) is 0 Å². The zero-order valence-electron chi connectivity index (χ0n) is 7.91. The normalized spacial score (nSPS) is 43.9. The van der Waals surface area contributed by atoms with Gasteiger partial charge in [0.1, 0.15) is 24.4 Å². The van der Waals surface area contributed by atoms with Crippen LogP contribution in [0.2, 0.25) is 0 Å². The molecule has 0 amide bonds. The molecule has 0 aromatic carbocycles.